The number of methoxy groups -OCH3 is 1. The summed E-state index contributed by atoms with van der Waals surface area (Å²) in [6.07, 6.45) is 12.8. The van der Waals surface area contributed by atoms with E-state index in [1.165, 1.54) is 12.3 Å². The van der Waals surface area contributed by atoms with E-state index in [-0.39, 0.29) is 42.7 Å². The maximum atomic E-state index is 12.1. The van der Waals surface area contributed by atoms with Crippen LogP contribution in [0.25, 0.3) is 6.08 Å². The number of carbonyl (C=O) groups is 3. The highest BCUT2D eigenvalue weighted by atomic mass is 16.5. The van der Waals surface area contributed by atoms with Gasteiger partial charge in [0.1, 0.15) is 6.54 Å². The third kappa shape index (κ3) is 14.0. The molecule has 0 heterocycles. The molecule has 2 amide bonds. The molecule has 1 rings (SSSR count). The number of carboxylic acid groups (broad SMARTS) is 1. The Kier molecular flexibility index (Phi) is 15.2. The summed E-state index contributed by atoms with van der Waals surface area (Å²) in [6.45, 7) is 5.28. The number of hydrogen-bond acceptors (Lipinski definition) is 5. The second-order valence-electron chi connectivity index (χ2n) is 8.90. The highest BCUT2D eigenvalue weighted by molar-refractivity contribution is 5.89. The van der Waals surface area contributed by atoms with Gasteiger partial charge in [-0.2, -0.15) is 0 Å². The average Bonchev–Trinajstić information content (AvgIpc) is 2.88. The lowest BCUT2D eigenvalue weighted by Crippen LogP contribution is -2.33. The number of hydrogen-bond donors (Lipinski definition) is 4. The smallest absolute Gasteiger partial charge is 0.322 e. The topological polar surface area (TPSA) is 125 Å². The normalized spacial score (nSPS) is 15.5. The average molecular weight is 513 g/mol. The first-order valence-corrected chi connectivity index (χ1v) is 12.4. The number of rotatable bonds is 16. The summed E-state index contributed by atoms with van der Waals surface area (Å²) in [5, 5.41) is 24.3. The minimum atomic E-state index is -1.08. The number of carbonyl (C=O) groups excluding carboxylic acids is 2. The molecule has 0 saturated heterocycles. The molecule has 0 aromatic heterocycles. The molecule has 0 saturated carbocycles. The molecule has 3 unspecified atom stereocenters. The van der Waals surface area contributed by atoms with Gasteiger partial charge < -0.3 is 25.6 Å². The zero-order valence-corrected chi connectivity index (χ0v) is 22.1. The van der Waals surface area contributed by atoms with Gasteiger partial charge in [0.15, 0.2) is 0 Å². The highest BCUT2D eigenvalue weighted by Crippen LogP contribution is 2.21. The second-order valence-corrected chi connectivity index (χ2v) is 8.90. The predicted octanol–water partition coefficient (Wildman–Crippen LogP) is 3.85. The number of aliphatic hydroxyl groups is 1. The molecule has 0 aliphatic carbocycles. The van der Waals surface area contributed by atoms with E-state index < -0.39 is 12.1 Å². The molecule has 8 heteroatoms. The fraction of sp³-hybridized carbons (Fsp3) is 0.414. The van der Waals surface area contributed by atoms with E-state index in [1.807, 2.05) is 62.4 Å². The number of benzene rings is 1. The Labute approximate surface area is 219 Å². The van der Waals surface area contributed by atoms with E-state index in [9.17, 15) is 19.5 Å². The van der Waals surface area contributed by atoms with Crippen LogP contribution in [0.1, 0.15) is 45.6 Å². The Morgan fingerprint density at radius 3 is 2.46 bits per heavy atom. The van der Waals surface area contributed by atoms with Crippen molar-refractivity contribution in [1.82, 2.24) is 10.6 Å². The van der Waals surface area contributed by atoms with Crippen LogP contribution in [0.2, 0.25) is 0 Å². The molecule has 1 aromatic rings. The minimum absolute atomic E-state index is 0.148. The van der Waals surface area contributed by atoms with Crippen LogP contribution in [0.15, 0.2) is 72.5 Å². The molecule has 202 valence electrons. The van der Waals surface area contributed by atoms with Crippen LogP contribution in [0.4, 0.5) is 0 Å². The van der Waals surface area contributed by atoms with E-state index >= 15 is 0 Å². The van der Waals surface area contributed by atoms with Gasteiger partial charge in [-0.25, -0.2) is 0 Å². The van der Waals surface area contributed by atoms with Crippen LogP contribution in [0.3, 0.4) is 0 Å². The zero-order valence-electron chi connectivity index (χ0n) is 22.1. The molecule has 0 radical (unpaired) electrons. The second kappa shape index (κ2) is 17.9. The Morgan fingerprint density at radius 2 is 1.81 bits per heavy atom. The molecule has 8 nitrogen and oxygen atoms in total. The summed E-state index contributed by atoms with van der Waals surface area (Å²) >= 11 is 0. The lowest BCUT2D eigenvalue weighted by molar-refractivity contribution is -0.137. The van der Waals surface area contributed by atoms with Crippen molar-refractivity contribution in [2.24, 2.45) is 11.8 Å². The van der Waals surface area contributed by atoms with E-state index in [2.05, 4.69) is 10.6 Å². The van der Waals surface area contributed by atoms with E-state index in [1.54, 1.807) is 26.2 Å². The number of amides is 2. The van der Waals surface area contributed by atoms with Crippen molar-refractivity contribution in [3.05, 3.63) is 78.0 Å². The number of ether oxygens (including phenoxy) is 1. The summed E-state index contributed by atoms with van der Waals surface area (Å²) in [4.78, 5) is 33.9. The molecular formula is C29H40N2O6. The third-order valence-corrected chi connectivity index (χ3v) is 5.72. The van der Waals surface area contributed by atoms with Crippen molar-refractivity contribution in [2.75, 3.05) is 13.7 Å². The van der Waals surface area contributed by atoms with Gasteiger partial charge in [0.05, 0.1) is 12.2 Å². The summed E-state index contributed by atoms with van der Waals surface area (Å²) in [5.74, 6) is -1.99. The van der Waals surface area contributed by atoms with Gasteiger partial charge in [-0.1, -0.05) is 74.6 Å². The summed E-state index contributed by atoms with van der Waals surface area (Å²) < 4.78 is 5.59. The highest BCUT2D eigenvalue weighted by Gasteiger charge is 2.25. The standard InChI is InChI=1S/C29H40N2O6/c1-21(19-27(33)30-18-10-6-9-13-26(32)31-20-28(34)35)14-15-22(2)29(36)23(3)25(37-4)17-16-24-11-7-5-8-12-24/h5,7-8,10-12,14-19,22-23,25,29,36H,6,9,13,20H2,1-4H3,(H,30,33)(H,31,32)(H,34,35)/b15-14+,17-16+,18-10-,21-19+/t22?,23?,25?,29-/m0/s1. The van der Waals surface area contributed by atoms with Crippen molar-refractivity contribution >= 4 is 23.9 Å². The van der Waals surface area contributed by atoms with Crippen molar-refractivity contribution in [3.8, 4) is 0 Å². The lowest BCUT2D eigenvalue weighted by Gasteiger charge is -2.27. The molecule has 0 aliphatic rings. The molecule has 1 aromatic carbocycles. The number of aliphatic hydroxyl groups excluding tert-OH is 1. The molecule has 0 aliphatic heterocycles. The molecule has 37 heavy (non-hydrogen) atoms. The number of unbranched alkanes of at least 4 members (excludes halogenated alkanes) is 1. The quantitative estimate of drug-likeness (QED) is 0.151. The van der Waals surface area contributed by atoms with Crippen molar-refractivity contribution in [1.29, 1.82) is 0 Å². The molecule has 4 atom stereocenters. The Hall–Kier alpha value is -3.49. The van der Waals surface area contributed by atoms with Crippen LogP contribution in [-0.2, 0) is 19.1 Å². The molecule has 0 bridgehead atoms. The molecule has 4 N–H and O–H groups in total. The van der Waals surface area contributed by atoms with Gasteiger partial charge in [-0.05, 0) is 30.9 Å². The van der Waals surface area contributed by atoms with Crippen LogP contribution in [0, 0.1) is 11.8 Å². The maximum absolute atomic E-state index is 12.1. The fourth-order valence-electron chi connectivity index (χ4n) is 3.49. The first kappa shape index (κ1) is 31.5. The van der Waals surface area contributed by atoms with Gasteiger partial charge in [0, 0.05) is 37.6 Å². The van der Waals surface area contributed by atoms with Crippen molar-refractivity contribution < 1.29 is 29.3 Å². The first-order valence-electron chi connectivity index (χ1n) is 12.4. The third-order valence-electron chi connectivity index (χ3n) is 5.72. The Bertz CT molecular complexity index is 968. The summed E-state index contributed by atoms with van der Waals surface area (Å²) in [6, 6.07) is 9.90. The summed E-state index contributed by atoms with van der Waals surface area (Å²) in [5.41, 5.74) is 1.80. The van der Waals surface area contributed by atoms with Gasteiger partial charge in [0.2, 0.25) is 11.8 Å². The fourth-order valence-corrected chi connectivity index (χ4v) is 3.49. The van der Waals surface area contributed by atoms with Gasteiger partial charge in [-0.3, -0.25) is 14.4 Å². The van der Waals surface area contributed by atoms with E-state index in [4.69, 9.17) is 9.84 Å². The van der Waals surface area contributed by atoms with Crippen LogP contribution >= 0.6 is 0 Å². The predicted molar refractivity (Wildman–Crippen MR) is 145 cm³/mol. The zero-order chi connectivity index (χ0) is 27.6. The van der Waals surface area contributed by atoms with Crippen LogP contribution < -0.4 is 10.6 Å². The van der Waals surface area contributed by atoms with Crippen LogP contribution in [-0.4, -0.2) is 53.9 Å². The van der Waals surface area contributed by atoms with Crippen LogP contribution in [0.5, 0.6) is 0 Å². The van der Waals surface area contributed by atoms with Gasteiger partial charge >= 0.3 is 5.97 Å². The molecular weight excluding hydrogens is 472 g/mol. The lowest BCUT2D eigenvalue weighted by atomic mass is 9.88. The number of aliphatic carboxylic acids is 1. The van der Waals surface area contributed by atoms with Gasteiger partial charge in [0.25, 0.3) is 0 Å². The minimum Gasteiger partial charge on any atom is -0.480 e. The maximum Gasteiger partial charge on any atom is 0.322 e. The largest absolute Gasteiger partial charge is 0.480 e. The number of nitrogens with one attached hydrogen (secondary N) is 2. The first-order chi connectivity index (χ1) is 17.6. The molecule has 0 spiro atoms. The summed E-state index contributed by atoms with van der Waals surface area (Å²) in [7, 11) is 1.63. The van der Waals surface area contributed by atoms with Crippen molar-refractivity contribution in [3.63, 3.8) is 0 Å². The number of allylic oxidation sites excluding steroid dienone is 3. The number of carboxylic acids is 1. The SMILES string of the molecule is COC(/C=C/c1ccccc1)C(C)[C@@H](O)C(C)/C=C/C(C)=C/C(=O)N/C=C\CCCC(=O)NCC(=O)O. The Balaban J connectivity index is 2.47. The van der Waals surface area contributed by atoms with Gasteiger partial charge in [-0.15, -0.1) is 0 Å². The van der Waals surface area contributed by atoms with E-state index in [0.29, 0.717) is 12.8 Å². The van der Waals surface area contributed by atoms with E-state index in [0.717, 1.165) is 11.1 Å². The monoisotopic (exact) mass is 512 g/mol. The Morgan fingerprint density at radius 1 is 1.11 bits per heavy atom. The van der Waals surface area contributed by atoms with Crippen molar-refractivity contribution in [2.45, 2.75) is 52.2 Å². The molecule has 0 fully saturated rings.